The summed E-state index contributed by atoms with van der Waals surface area (Å²) < 4.78 is 0. The molecule has 0 saturated heterocycles. The van der Waals surface area contributed by atoms with E-state index in [0.29, 0.717) is 0 Å². The SMILES string of the molecule is CCCCCC(C)(C)CNc1nncc2ccccc12. The second-order valence-electron chi connectivity index (χ2n) is 6.26. The molecule has 2 aromatic rings. The van der Waals surface area contributed by atoms with E-state index >= 15 is 0 Å². The zero-order valence-corrected chi connectivity index (χ0v) is 12.8. The van der Waals surface area contributed by atoms with E-state index in [1.54, 1.807) is 0 Å². The summed E-state index contributed by atoms with van der Waals surface area (Å²) in [5.74, 6) is 0.895. The predicted octanol–water partition coefficient (Wildman–Crippen LogP) is 4.65. The van der Waals surface area contributed by atoms with Gasteiger partial charge in [-0.2, -0.15) is 5.10 Å². The maximum atomic E-state index is 4.25. The first kappa shape index (κ1) is 14.8. The second-order valence-corrected chi connectivity index (χ2v) is 6.26. The van der Waals surface area contributed by atoms with E-state index in [9.17, 15) is 0 Å². The molecule has 1 heterocycles. The van der Waals surface area contributed by atoms with Crippen LogP contribution in [0.5, 0.6) is 0 Å². The zero-order valence-electron chi connectivity index (χ0n) is 12.8. The Morgan fingerprint density at radius 3 is 2.75 bits per heavy atom. The van der Waals surface area contributed by atoms with E-state index in [-0.39, 0.29) is 5.41 Å². The fourth-order valence-corrected chi connectivity index (χ4v) is 2.42. The average Bonchev–Trinajstić information content (AvgIpc) is 2.45. The lowest BCUT2D eigenvalue weighted by Gasteiger charge is -2.25. The van der Waals surface area contributed by atoms with Crippen molar-refractivity contribution in [3.63, 3.8) is 0 Å². The summed E-state index contributed by atoms with van der Waals surface area (Å²) in [5, 5.41) is 14.1. The van der Waals surface area contributed by atoms with Gasteiger partial charge >= 0.3 is 0 Å². The minimum Gasteiger partial charge on any atom is -0.368 e. The number of fused-ring (bicyclic) bond motifs is 1. The smallest absolute Gasteiger partial charge is 0.156 e. The quantitative estimate of drug-likeness (QED) is 0.745. The van der Waals surface area contributed by atoms with Gasteiger partial charge in [-0.05, 0) is 11.8 Å². The summed E-state index contributed by atoms with van der Waals surface area (Å²) in [6.07, 6.45) is 6.95. The topological polar surface area (TPSA) is 37.8 Å². The Morgan fingerprint density at radius 1 is 1.15 bits per heavy atom. The lowest BCUT2D eigenvalue weighted by Crippen LogP contribution is -2.23. The van der Waals surface area contributed by atoms with E-state index in [1.165, 1.54) is 25.7 Å². The minimum atomic E-state index is 0.286. The van der Waals surface area contributed by atoms with Crippen molar-refractivity contribution in [2.75, 3.05) is 11.9 Å². The van der Waals surface area contributed by atoms with Crippen LogP contribution in [-0.4, -0.2) is 16.7 Å². The molecule has 20 heavy (non-hydrogen) atoms. The number of aromatic nitrogens is 2. The van der Waals surface area contributed by atoms with Gasteiger partial charge in [0.1, 0.15) is 0 Å². The van der Waals surface area contributed by atoms with Crippen molar-refractivity contribution < 1.29 is 0 Å². The summed E-state index contributed by atoms with van der Waals surface area (Å²) in [5.41, 5.74) is 0.286. The van der Waals surface area contributed by atoms with Crippen molar-refractivity contribution in [3.05, 3.63) is 30.5 Å². The summed E-state index contributed by atoms with van der Waals surface area (Å²) in [6, 6.07) is 8.24. The lowest BCUT2D eigenvalue weighted by molar-refractivity contribution is 0.342. The normalized spacial score (nSPS) is 11.8. The molecule has 3 heteroatoms. The second kappa shape index (κ2) is 6.69. The van der Waals surface area contributed by atoms with Crippen LogP contribution in [0, 0.1) is 5.41 Å². The van der Waals surface area contributed by atoms with Gasteiger partial charge in [-0.1, -0.05) is 64.3 Å². The van der Waals surface area contributed by atoms with Gasteiger partial charge in [0, 0.05) is 17.3 Å². The van der Waals surface area contributed by atoms with Crippen LogP contribution < -0.4 is 5.32 Å². The van der Waals surface area contributed by atoms with Gasteiger partial charge in [-0.15, -0.1) is 5.10 Å². The third-order valence-electron chi connectivity index (χ3n) is 3.76. The Kier molecular flexibility index (Phi) is 4.94. The summed E-state index contributed by atoms with van der Waals surface area (Å²) in [6.45, 7) is 7.80. The maximum Gasteiger partial charge on any atom is 0.156 e. The number of benzene rings is 1. The van der Waals surface area contributed by atoms with E-state index < -0.39 is 0 Å². The number of hydrogen-bond donors (Lipinski definition) is 1. The molecule has 0 atom stereocenters. The molecule has 0 bridgehead atoms. The molecule has 1 N–H and O–H groups in total. The van der Waals surface area contributed by atoms with Crippen molar-refractivity contribution in [1.82, 2.24) is 10.2 Å². The third kappa shape index (κ3) is 3.92. The molecule has 1 aromatic carbocycles. The van der Waals surface area contributed by atoms with E-state index in [0.717, 1.165) is 23.1 Å². The molecular formula is C17H25N3. The van der Waals surface area contributed by atoms with Gasteiger partial charge in [-0.3, -0.25) is 0 Å². The molecule has 0 aliphatic carbocycles. The van der Waals surface area contributed by atoms with Crippen LogP contribution in [-0.2, 0) is 0 Å². The molecule has 0 saturated carbocycles. The van der Waals surface area contributed by atoms with Crippen molar-refractivity contribution in [2.45, 2.75) is 46.5 Å². The van der Waals surface area contributed by atoms with Crippen LogP contribution >= 0.6 is 0 Å². The van der Waals surface area contributed by atoms with Crippen LogP contribution in [0.25, 0.3) is 10.8 Å². The molecule has 0 fully saturated rings. The van der Waals surface area contributed by atoms with Gasteiger partial charge in [0.25, 0.3) is 0 Å². The van der Waals surface area contributed by atoms with Crippen LogP contribution in [0.2, 0.25) is 0 Å². The number of unbranched alkanes of at least 4 members (excludes halogenated alkanes) is 2. The highest BCUT2D eigenvalue weighted by atomic mass is 15.2. The van der Waals surface area contributed by atoms with E-state index in [2.05, 4.69) is 48.4 Å². The maximum absolute atomic E-state index is 4.25. The van der Waals surface area contributed by atoms with Gasteiger partial charge in [0.2, 0.25) is 0 Å². The molecule has 1 aromatic heterocycles. The zero-order chi connectivity index (χ0) is 14.4. The first-order chi connectivity index (χ1) is 9.62. The largest absolute Gasteiger partial charge is 0.368 e. The highest BCUT2D eigenvalue weighted by Gasteiger charge is 2.17. The van der Waals surface area contributed by atoms with Gasteiger partial charge in [-0.25, -0.2) is 0 Å². The Labute approximate surface area is 121 Å². The third-order valence-corrected chi connectivity index (χ3v) is 3.76. The predicted molar refractivity (Wildman–Crippen MR) is 86.0 cm³/mol. The number of nitrogens with one attached hydrogen (secondary N) is 1. The Balaban J connectivity index is 2.02. The number of hydrogen-bond acceptors (Lipinski definition) is 3. The molecule has 0 aliphatic rings. The summed E-state index contributed by atoms with van der Waals surface area (Å²) >= 11 is 0. The van der Waals surface area contributed by atoms with Gasteiger partial charge in [0.05, 0.1) is 6.20 Å². The molecule has 0 amide bonds. The van der Waals surface area contributed by atoms with Crippen molar-refractivity contribution in [1.29, 1.82) is 0 Å². The highest BCUT2D eigenvalue weighted by molar-refractivity contribution is 5.90. The van der Waals surface area contributed by atoms with Crippen molar-refractivity contribution in [3.8, 4) is 0 Å². The van der Waals surface area contributed by atoms with Crippen LogP contribution in [0.1, 0.15) is 46.5 Å². The monoisotopic (exact) mass is 271 g/mol. The molecule has 0 unspecified atom stereocenters. The molecular weight excluding hydrogens is 246 g/mol. The number of anilines is 1. The van der Waals surface area contributed by atoms with E-state index in [4.69, 9.17) is 0 Å². The lowest BCUT2D eigenvalue weighted by atomic mass is 9.87. The first-order valence-corrected chi connectivity index (χ1v) is 7.57. The standard InChI is InChI=1S/C17H25N3/c1-4-5-8-11-17(2,3)13-18-16-15-10-7-6-9-14(15)12-19-20-16/h6-7,9-10,12H,4-5,8,11,13H2,1-3H3,(H,18,20). The molecule has 3 nitrogen and oxygen atoms in total. The van der Waals surface area contributed by atoms with Crippen LogP contribution in [0.3, 0.4) is 0 Å². The average molecular weight is 271 g/mol. The first-order valence-electron chi connectivity index (χ1n) is 7.57. The van der Waals surface area contributed by atoms with Crippen LogP contribution in [0.4, 0.5) is 5.82 Å². The summed E-state index contributed by atoms with van der Waals surface area (Å²) in [7, 11) is 0. The fourth-order valence-electron chi connectivity index (χ4n) is 2.42. The van der Waals surface area contributed by atoms with Gasteiger partial charge in [0.15, 0.2) is 5.82 Å². The number of rotatable bonds is 7. The fraction of sp³-hybridized carbons (Fsp3) is 0.529. The number of nitrogens with zero attached hydrogens (tertiary/aromatic N) is 2. The van der Waals surface area contributed by atoms with Gasteiger partial charge < -0.3 is 5.32 Å². The van der Waals surface area contributed by atoms with Crippen LogP contribution in [0.15, 0.2) is 30.5 Å². The molecule has 0 spiro atoms. The summed E-state index contributed by atoms with van der Waals surface area (Å²) in [4.78, 5) is 0. The molecule has 0 radical (unpaired) electrons. The highest BCUT2D eigenvalue weighted by Crippen LogP contribution is 2.26. The molecule has 0 aliphatic heterocycles. The Bertz CT molecular complexity index is 543. The molecule has 108 valence electrons. The minimum absolute atomic E-state index is 0.286. The van der Waals surface area contributed by atoms with Crippen molar-refractivity contribution >= 4 is 16.6 Å². The Hall–Kier alpha value is -1.64. The van der Waals surface area contributed by atoms with E-state index in [1.807, 2.05) is 18.3 Å². The Morgan fingerprint density at radius 2 is 1.95 bits per heavy atom. The molecule has 2 rings (SSSR count). The van der Waals surface area contributed by atoms with Crippen molar-refractivity contribution in [2.24, 2.45) is 5.41 Å².